The predicted molar refractivity (Wildman–Crippen MR) is 76.2 cm³/mol. The van der Waals surface area contributed by atoms with Crippen molar-refractivity contribution in [1.82, 2.24) is 19.8 Å². The molecule has 2 rings (SSSR count). The Balaban J connectivity index is 2.04. The summed E-state index contributed by atoms with van der Waals surface area (Å²) < 4.78 is 31.6. The van der Waals surface area contributed by atoms with E-state index in [0.29, 0.717) is 24.5 Å². The smallest absolute Gasteiger partial charge is 0.260 e. The first-order valence-corrected chi connectivity index (χ1v) is 8.05. The number of pyridine rings is 1. The molecule has 114 valence electrons. The Bertz CT molecular complexity index is 657. The topological polar surface area (TPSA) is 110 Å². The molecule has 0 fully saturated rings. The van der Waals surface area contributed by atoms with Gasteiger partial charge < -0.3 is 9.84 Å². The molecule has 0 saturated heterocycles. The Hall–Kier alpha value is -2.00. The van der Waals surface area contributed by atoms with Gasteiger partial charge in [-0.25, -0.2) is 18.1 Å². The highest BCUT2D eigenvalue weighted by Gasteiger charge is 2.19. The van der Waals surface area contributed by atoms with Crippen LogP contribution in [0.25, 0.3) is 0 Å². The molecule has 2 N–H and O–H groups in total. The van der Waals surface area contributed by atoms with Gasteiger partial charge in [-0.1, -0.05) is 12.1 Å². The lowest BCUT2D eigenvalue weighted by atomic mass is 10.4. The zero-order valence-corrected chi connectivity index (χ0v) is 12.4. The SMILES string of the molecule is CCCNc1cccnc1S(=O)(=O)NCCc1ncon1. The van der Waals surface area contributed by atoms with Gasteiger partial charge >= 0.3 is 0 Å². The standard InChI is InChI=1S/C12H17N5O3S/c1-2-6-13-10-4-3-7-14-12(10)21(18,19)16-8-5-11-15-9-20-17-11/h3-4,7,9,13,16H,2,5-6,8H2,1H3. The molecule has 0 saturated carbocycles. The second kappa shape index (κ2) is 7.14. The van der Waals surface area contributed by atoms with E-state index in [9.17, 15) is 8.42 Å². The maximum absolute atomic E-state index is 12.3. The molecule has 0 bridgehead atoms. The van der Waals surface area contributed by atoms with Crippen LogP contribution in [0, 0.1) is 0 Å². The van der Waals surface area contributed by atoms with Crippen molar-refractivity contribution >= 4 is 15.7 Å². The van der Waals surface area contributed by atoms with Crippen LogP contribution in [0.1, 0.15) is 19.2 Å². The van der Waals surface area contributed by atoms with Crippen molar-refractivity contribution in [3.05, 3.63) is 30.5 Å². The van der Waals surface area contributed by atoms with Crippen LogP contribution in [-0.4, -0.2) is 36.6 Å². The minimum atomic E-state index is -3.68. The van der Waals surface area contributed by atoms with Crippen molar-refractivity contribution in [2.45, 2.75) is 24.8 Å². The molecule has 2 heterocycles. The maximum atomic E-state index is 12.3. The molecular weight excluding hydrogens is 294 g/mol. The first kappa shape index (κ1) is 15.4. The van der Waals surface area contributed by atoms with Crippen molar-refractivity contribution in [3.63, 3.8) is 0 Å². The first-order valence-electron chi connectivity index (χ1n) is 6.57. The fourth-order valence-corrected chi connectivity index (χ4v) is 2.80. The normalized spacial score (nSPS) is 11.5. The van der Waals surface area contributed by atoms with Gasteiger partial charge in [0, 0.05) is 25.7 Å². The number of anilines is 1. The number of sulfonamides is 1. The number of hydrogen-bond donors (Lipinski definition) is 2. The van der Waals surface area contributed by atoms with Gasteiger partial charge in [-0.15, -0.1) is 0 Å². The summed E-state index contributed by atoms with van der Waals surface area (Å²) in [7, 11) is -3.68. The molecule has 21 heavy (non-hydrogen) atoms. The Morgan fingerprint density at radius 1 is 1.29 bits per heavy atom. The second-order valence-electron chi connectivity index (χ2n) is 4.28. The summed E-state index contributed by atoms with van der Waals surface area (Å²) in [5.41, 5.74) is 0.492. The Kier molecular flexibility index (Phi) is 5.23. The van der Waals surface area contributed by atoms with Gasteiger partial charge in [0.1, 0.15) is 0 Å². The van der Waals surface area contributed by atoms with Crippen molar-refractivity contribution in [3.8, 4) is 0 Å². The molecular formula is C12H17N5O3S. The molecule has 9 heteroatoms. The fraction of sp³-hybridized carbons (Fsp3) is 0.417. The number of rotatable bonds is 8. The highest BCUT2D eigenvalue weighted by molar-refractivity contribution is 7.89. The number of nitrogens with zero attached hydrogens (tertiary/aromatic N) is 3. The number of nitrogens with one attached hydrogen (secondary N) is 2. The van der Waals surface area contributed by atoms with E-state index in [1.165, 1.54) is 12.6 Å². The lowest BCUT2D eigenvalue weighted by Gasteiger charge is -2.11. The van der Waals surface area contributed by atoms with Crippen LogP contribution in [0.4, 0.5) is 5.69 Å². The van der Waals surface area contributed by atoms with Gasteiger partial charge in [-0.3, -0.25) is 0 Å². The van der Waals surface area contributed by atoms with Crippen LogP contribution < -0.4 is 10.0 Å². The highest BCUT2D eigenvalue weighted by Crippen LogP contribution is 2.17. The third-order valence-corrected chi connectivity index (χ3v) is 4.06. The highest BCUT2D eigenvalue weighted by atomic mass is 32.2. The van der Waals surface area contributed by atoms with E-state index in [4.69, 9.17) is 0 Å². The summed E-state index contributed by atoms with van der Waals surface area (Å²) in [5.74, 6) is 0.447. The zero-order chi connectivity index (χ0) is 15.1. The van der Waals surface area contributed by atoms with Crippen LogP contribution >= 0.6 is 0 Å². The fourth-order valence-electron chi connectivity index (χ4n) is 1.67. The largest absolute Gasteiger partial charge is 0.383 e. The monoisotopic (exact) mass is 311 g/mol. The van der Waals surface area contributed by atoms with Gasteiger partial charge in [0.15, 0.2) is 10.9 Å². The van der Waals surface area contributed by atoms with Crippen LogP contribution in [0.2, 0.25) is 0 Å². The van der Waals surface area contributed by atoms with E-state index in [0.717, 1.165) is 6.42 Å². The summed E-state index contributed by atoms with van der Waals surface area (Å²) in [6.45, 7) is 2.85. The van der Waals surface area contributed by atoms with Crippen molar-refractivity contribution < 1.29 is 12.9 Å². The third-order valence-electron chi connectivity index (χ3n) is 2.64. The van der Waals surface area contributed by atoms with Crippen LogP contribution in [0.15, 0.2) is 34.3 Å². The molecule has 0 aromatic carbocycles. The lowest BCUT2D eigenvalue weighted by molar-refractivity contribution is 0.409. The quantitative estimate of drug-likeness (QED) is 0.742. The van der Waals surface area contributed by atoms with Gasteiger partial charge in [0.25, 0.3) is 10.0 Å². The second-order valence-corrected chi connectivity index (χ2v) is 5.96. The lowest BCUT2D eigenvalue weighted by Crippen LogP contribution is -2.28. The summed E-state index contributed by atoms with van der Waals surface area (Å²) in [6.07, 6.45) is 3.89. The molecule has 0 unspecified atom stereocenters. The molecule has 0 amide bonds. The summed E-state index contributed by atoms with van der Waals surface area (Å²) in [5, 5.41) is 6.66. The number of aromatic nitrogens is 3. The molecule has 0 spiro atoms. The molecule has 0 radical (unpaired) electrons. The Morgan fingerprint density at radius 3 is 2.86 bits per heavy atom. The van der Waals surface area contributed by atoms with E-state index in [1.54, 1.807) is 12.1 Å². The molecule has 0 aliphatic carbocycles. The molecule has 2 aromatic rings. The average molecular weight is 311 g/mol. The Morgan fingerprint density at radius 2 is 2.14 bits per heavy atom. The summed E-state index contributed by atoms with van der Waals surface area (Å²) in [6, 6.07) is 3.38. The third kappa shape index (κ3) is 4.23. The minimum Gasteiger partial charge on any atom is -0.383 e. The van der Waals surface area contributed by atoms with E-state index in [2.05, 4.69) is 29.7 Å². The first-order chi connectivity index (χ1) is 10.1. The van der Waals surface area contributed by atoms with Gasteiger partial charge in [0.2, 0.25) is 6.39 Å². The van der Waals surface area contributed by atoms with Gasteiger partial charge in [0.05, 0.1) is 5.69 Å². The van der Waals surface area contributed by atoms with Gasteiger partial charge in [-0.05, 0) is 18.6 Å². The minimum absolute atomic E-state index is 0.00781. The van der Waals surface area contributed by atoms with Crippen molar-refractivity contribution in [2.75, 3.05) is 18.4 Å². The van der Waals surface area contributed by atoms with E-state index in [1.807, 2.05) is 6.92 Å². The average Bonchev–Trinajstić information content (AvgIpc) is 2.98. The molecule has 8 nitrogen and oxygen atoms in total. The van der Waals surface area contributed by atoms with Crippen molar-refractivity contribution in [1.29, 1.82) is 0 Å². The summed E-state index contributed by atoms with van der Waals surface area (Å²) in [4.78, 5) is 7.78. The van der Waals surface area contributed by atoms with Crippen LogP contribution in [0.3, 0.4) is 0 Å². The maximum Gasteiger partial charge on any atom is 0.260 e. The summed E-state index contributed by atoms with van der Waals surface area (Å²) >= 11 is 0. The van der Waals surface area contributed by atoms with Crippen molar-refractivity contribution in [2.24, 2.45) is 0 Å². The van der Waals surface area contributed by atoms with Gasteiger partial charge in [-0.2, -0.15) is 4.98 Å². The van der Waals surface area contributed by atoms with E-state index < -0.39 is 10.0 Å². The van der Waals surface area contributed by atoms with Crippen LogP contribution in [0.5, 0.6) is 0 Å². The predicted octanol–water partition coefficient (Wildman–Crippen LogP) is 0.807. The zero-order valence-electron chi connectivity index (χ0n) is 11.6. The van der Waals surface area contributed by atoms with E-state index in [-0.39, 0.29) is 11.6 Å². The number of hydrogen-bond acceptors (Lipinski definition) is 7. The molecule has 0 aliphatic heterocycles. The molecule has 2 aromatic heterocycles. The van der Waals surface area contributed by atoms with E-state index >= 15 is 0 Å². The van der Waals surface area contributed by atoms with Crippen LogP contribution in [-0.2, 0) is 16.4 Å². The molecule has 0 aliphatic rings. The Labute approximate surface area is 123 Å². The molecule has 0 atom stereocenters.